The zero-order valence-corrected chi connectivity index (χ0v) is 11.3. The molecule has 1 heterocycles. The van der Waals surface area contributed by atoms with Crippen LogP contribution in [0.4, 0.5) is 0 Å². The van der Waals surface area contributed by atoms with Crippen LogP contribution in [0.25, 0.3) is 11.6 Å². The third-order valence-electron chi connectivity index (χ3n) is 3.51. The van der Waals surface area contributed by atoms with Gasteiger partial charge in [0.05, 0.1) is 0 Å². The molecule has 2 aromatic rings. The SMILES string of the molecule is Cc1cc(O)cc2c1C=C(c1ccc(O)c(O)c1O)CO2. The van der Waals surface area contributed by atoms with Crippen molar-refractivity contribution in [2.24, 2.45) is 0 Å². The average Bonchev–Trinajstić information content (AvgIpc) is 2.45. The van der Waals surface area contributed by atoms with E-state index in [1.807, 2.05) is 13.0 Å². The van der Waals surface area contributed by atoms with E-state index in [2.05, 4.69) is 0 Å². The first-order chi connectivity index (χ1) is 9.97. The van der Waals surface area contributed by atoms with Gasteiger partial charge in [0.25, 0.3) is 0 Å². The maximum Gasteiger partial charge on any atom is 0.200 e. The zero-order chi connectivity index (χ0) is 15.1. The summed E-state index contributed by atoms with van der Waals surface area (Å²) in [5.74, 6) is -0.617. The van der Waals surface area contributed by atoms with Crippen molar-refractivity contribution >= 4 is 11.6 Å². The summed E-state index contributed by atoms with van der Waals surface area (Å²) < 4.78 is 5.59. The van der Waals surface area contributed by atoms with Gasteiger partial charge in [0.15, 0.2) is 11.5 Å². The van der Waals surface area contributed by atoms with Gasteiger partial charge in [-0.05, 0) is 36.8 Å². The summed E-state index contributed by atoms with van der Waals surface area (Å²) in [6.07, 6.45) is 1.83. The van der Waals surface area contributed by atoms with E-state index in [1.165, 1.54) is 18.2 Å². The summed E-state index contributed by atoms with van der Waals surface area (Å²) in [6.45, 7) is 2.03. The molecule has 3 rings (SSSR count). The molecule has 108 valence electrons. The summed E-state index contributed by atoms with van der Waals surface area (Å²) in [5, 5.41) is 38.5. The molecule has 4 N–H and O–H groups in total. The second-order valence-corrected chi connectivity index (χ2v) is 4.96. The van der Waals surface area contributed by atoms with Gasteiger partial charge in [-0.1, -0.05) is 0 Å². The predicted molar refractivity (Wildman–Crippen MR) is 77.6 cm³/mol. The van der Waals surface area contributed by atoms with Crippen LogP contribution in [0.5, 0.6) is 28.7 Å². The van der Waals surface area contributed by atoms with Gasteiger partial charge in [0.1, 0.15) is 18.1 Å². The largest absolute Gasteiger partial charge is 0.508 e. The standard InChI is InChI=1S/C16H14O5/c1-8-4-10(17)6-14-12(8)5-9(7-21-14)11-2-3-13(18)16(20)15(11)19/h2-6,17-20H,7H2,1H3. The highest BCUT2D eigenvalue weighted by atomic mass is 16.5. The monoisotopic (exact) mass is 286 g/mol. The minimum atomic E-state index is -0.554. The molecule has 5 heteroatoms. The highest BCUT2D eigenvalue weighted by Crippen LogP contribution is 2.43. The third-order valence-corrected chi connectivity index (χ3v) is 3.51. The Morgan fingerprint density at radius 3 is 2.52 bits per heavy atom. The van der Waals surface area contributed by atoms with Crippen molar-refractivity contribution in [1.82, 2.24) is 0 Å². The van der Waals surface area contributed by atoms with Crippen LogP contribution < -0.4 is 4.74 Å². The van der Waals surface area contributed by atoms with Crippen molar-refractivity contribution in [3.05, 3.63) is 41.0 Å². The van der Waals surface area contributed by atoms with E-state index in [0.29, 0.717) is 16.9 Å². The number of aromatic hydroxyl groups is 4. The molecule has 0 radical (unpaired) electrons. The van der Waals surface area contributed by atoms with E-state index in [4.69, 9.17) is 4.74 Å². The summed E-state index contributed by atoms with van der Waals surface area (Å²) in [5.41, 5.74) is 2.71. The van der Waals surface area contributed by atoms with Crippen molar-refractivity contribution in [3.63, 3.8) is 0 Å². The molecule has 0 spiro atoms. The van der Waals surface area contributed by atoms with Gasteiger partial charge < -0.3 is 25.2 Å². The minimum Gasteiger partial charge on any atom is -0.508 e. The minimum absolute atomic E-state index is 0.133. The van der Waals surface area contributed by atoms with E-state index in [9.17, 15) is 20.4 Å². The van der Waals surface area contributed by atoms with Crippen molar-refractivity contribution in [1.29, 1.82) is 0 Å². The number of benzene rings is 2. The van der Waals surface area contributed by atoms with Crippen LogP contribution in [0.1, 0.15) is 16.7 Å². The molecule has 0 fully saturated rings. The molecule has 0 aliphatic carbocycles. The third kappa shape index (κ3) is 2.12. The van der Waals surface area contributed by atoms with Crippen LogP contribution >= 0.6 is 0 Å². The molecule has 5 nitrogen and oxygen atoms in total. The van der Waals surface area contributed by atoms with Gasteiger partial charge in [-0.3, -0.25) is 0 Å². The van der Waals surface area contributed by atoms with Gasteiger partial charge >= 0.3 is 0 Å². The van der Waals surface area contributed by atoms with Crippen LogP contribution in [-0.4, -0.2) is 27.0 Å². The number of phenolic OH excluding ortho intramolecular Hbond substituents is 4. The lowest BCUT2D eigenvalue weighted by atomic mass is 9.97. The Kier molecular flexibility index (Phi) is 2.90. The first kappa shape index (κ1) is 13.2. The van der Waals surface area contributed by atoms with Gasteiger partial charge in [-0.25, -0.2) is 0 Å². The second-order valence-electron chi connectivity index (χ2n) is 4.96. The molecule has 0 unspecified atom stereocenters. The highest BCUT2D eigenvalue weighted by Gasteiger charge is 2.20. The normalized spacial score (nSPS) is 13.3. The number of rotatable bonds is 1. The lowest BCUT2D eigenvalue weighted by Crippen LogP contribution is -2.07. The Morgan fingerprint density at radius 2 is 1.76 bits per heavy atom. The van der Waals surface area contributed by atoms with Gasteiger partial charge in [0.2, 0.25) is 5.75 Å². The Hall–Kier alpha value is -2.82. The van der Waals surface area contributed by atoms with E-state index in [0.717, 1.165) is 11.1 Å². The average molecular weight is 286 g/mol. The fourth-order valence-electron chi connectivity index (χ4n) is 2.41. The molecule has 0 saturated heterocycles. The van der Waals surface area contributed by atoms with Crippen LogP contribution in [0.15, 0.2) is 24.3 Å². The fraction of sp³-hybridized carbons (Fsp3) is 0.125. The van der Waals surface area contributed by atoms with Crippen LogP contribution in [0.2, 0.25) is 0 Å². The van der Waals surface area contributed by atoms with Gasteiger partial charge in [-0.15, -0.1) is 0 Å². The lowest BCUT2D eigenvalue weighted by Gasteiger charge is -2.21. The Balaban J connectivity index is 2.13. The number of aryl methyl sites for hydroxylation is 1. The molecule has 0 aromatic heterocycles. The van der Waals surface area contributed by atoms with Gasteiger partial charge in [0, 0.05) is 22.8 Å². The van der Waals surface area contributed by atoms with E-state index < -0.39 is 5.75 Å². The van der Waals surface area contributed by atoms with E-state index in [-0.39, 0.29) is 23.9 Å². The molecular weight excluding hydrogens is 272 g/mol. The summed E-state index contributed by atoms with van der Waals surface area (Å²) in [6, 6.07) is 5.98. The van der Waals surface area contributed by atoms with Crippen molar-refractivity contribution in [2.45, 2.75) is 6.92 Å². The number of hydrogen-bond acceptors (Lipinski definition) is 5. The molecule has 0 saturated carbocycles. The smallest absolute Gasteiger partial charge is 0.200 e. The maximum atomic E-state index is 9.95. The molecule has 0 atom stereocenters. The van der Waals surface area contributed by atoms with Crippen molar-refractivity contribution in [3.8, 4) is 28.7 Å². The maximum absolute atomic E-state index is 9.95. The Bertz CT molecular complexity index is 762. The molecular formula is C16H14O5. The number of ether oxygens (including phenoxy) is 1. The number of fused-ring (bicyclic) bond motifs is 1. The lowest BCUT2D eigenvalue weighted by molar-refractivity contribution is 0.356. The fourth-order valence-corrected chi connectivity index (χ4v) is 2.41. The highest BCUT2D eigenvalue weighted by molar-refractivity contribution is 5.89. The Morgan fingerprint density at radius 1 is 1.00 bits per heavy atom. The van der Waals surface area contributed by atoms with E-state index in [1.54, 1.807) is 6.07 Å². The summed E-state index contributed by atoms with van der Waals surface area (Å²) in [7, 11) is 0. The van der Waals surface area contributed by atoms with Crippen LogP contribution in [0, 0.1) is 6.92 Å². The molecule has 0 amide bonds. The Labute approximate surface area is 121 Å². The summed E-state index contributed by atoms with van der Waals surface area (Å²) in [4.78, 5) is 0. The summed E-state index contributed by atoms with van der Waals surface area (Å²) >= 11 is 0. The molecule has 1 aliphatic heterocycles. The number of hydrogen-bond donors (Lipinski definition) is 4. The van der Waals surface area contributed by atoms with Crippen LogP contribution in [-0.2, 0) is 0 Å². The van der Waals surface area contributed by atoms with Crippen molar-refractivity contribution in [2.75, 3.05) is 6.61 Å². The second kappa shape index (κ2) is 4.63. The topological polar surface area (TPSA) is 90.2 Å². The van der Waals surface area contributed by atoms with Gasteiger partial charge in [-0.2, -0.15) is 0 Å². The zero-order valence-electron chi connectivity index (χ0n) is 11.3. The predicted octanol–water partition coefficient (Wildman–Crippen LogP) is 2.75. The molecule has 2 aromatic carbocycles. The molecule has 0 bridgehead atoms. The van der Waals surface area contributed by atoms with E-state index >= 15 is 0 Å². The van der Waals surface area contributed by atoms with Crippen LogP contribution in [0.3, 0.4) is 0 Å². The van der Waals surface area contributed by atoms with Crippen molar-refractivity contribution < 1.29 is 25.2 Å². The molecule has 1 aliphatic rings. The first-order valence-corrected chi connectivity index (χ1v) is 6.38. The number of phenols is 4. The first-order valence-electron chi connectivity index (χ1n) is 6.38. The molecule has 21 heavy (non-hydrogen) atoms. The quantitative estimate of drug-likeness (QED) is 0.605.